The molecule has 144 valence electrons. The van der Waals surface area contributed by atoms with Crippen LogP contribution in [0.25, 0.3) is 22.2 Å². The lowest BCUT2D eigenvalue weighted by atomic mass is 9.94. The Labute approximate surface area is 165 Å². The fraction of sp³-hybridized carbons (Fsp3) is 0.261. The molecule has 0 aliphatic carbocycles. The van der Waals surface area contributed by atoms with Crippen molar-refractivity contribution in [1.29, 1.82) is 5.41 Å². The van der Waals surface area contributed by atoms with Crippen LogP contribution in [0.2, 0.25) is 0 Å². The summed E-state index contributed by atoms with van der Waals surface area (Å²) in [6.07, 6.45) is 3.61. The van der Waals surface area contributed by atoms with Crippen molar-refractivity contribution >= 4 is 22.8 Å². The van der Waals surface area contributed by atoms with Gasteiger partial charge in [-0.1, -0.05) is 69.2 Å². The van der Waals surface area contributed by atoms with E-state index in [1.165, 1.54) is 24.8 Å². The molecule has 0 fully saturated rings. The van der Waals surface area contributed by atoms with E-state index in [4.69, 9.17) is 16.1 Å². The maximum absolute atomic E-state index is 12.5. The first kappa shape index (κ1) is 19.5. The fourth-order valence-electron chi connectivity index (χ4n) is 3.36. The summed E-state index contributed by atoms with van der Waals surface area (Å²) in [6.45, 7) is 4.46. The summed E-state index contributed by atoms with van der Waals surface area (Å²) >= 11 is 0. The molecule has 1 unspecified atom stereocenters. The number of carbonyl (C=O) groups excluding carboxylic acids is 1. The quantitative estimate of drug-likeness (QED) is 0.427. The predicted molar refractivity (Wildman–Crippen MR) is 114 cm³/mol. The average Bonchev–Trinajstić information content (AvgIpc) is 2.70. The molecule has 1 amide bonds. The molecule has 4 N–H and O–H groups in total. The van der Waals surface area contributed by atoms with E-state index in [9.17, 15) is 4.79 Å². The summed E-state index contributed by atoms with van der Waals surface area (Å²) in [4.78, 5) is 17.3. The van der Waals surface area contributed by atoms with Gasteiger partial charge in [-0.15, -0.1) is 0 Å². The Kier molecular flexibility index (Phi) is 6.04. The first-order chi connectivity index (χ1) is 13.5. The second-order valence-electron chi connectivity index (χ2n) is 7.11. The van der Waals surface area contributed by atoms with E-state index in [0.29, 0.717) is 11.5 Å². The van der Waals surface area contributed by atoms with Gasteiger partial charge in [0.15, 0.2) is 5.96 Å². The number of fused-ring (bicyclic) bond motifs is 1. The zero-order valence-corrected chi connectivity index (χ0v) is 16.3. The van der Waals surface area contributed by atoms with E-state index in [1.807, 2.05) is 24.3 Å². The van der Waals surface area contributed by atoms with E-state index < -0.39 is 5.91 Å². The second kappa shape index (κ2) is 8.65. The van der Waals surface area contributed by atoms with Crippen molar-refractivity contribution in [1.82, 2.24) is 10.3 Å². The van der Waals surface area contributed by atoms with Crippen LogP contribution in [0.15, 0.2) is 54.6 Å². The van der Waals surface area contributed by atoms with Gasteiger partial charge < -0.3 is 5.73 Å². The molecule has 1 atom stereocenters. The van der Waals surface area contributed by atoms with Crippen molar-refractivity contribution < 1.29 is 4.79 Å². The number of nitrogens with zero attached hydrogens (tertiary/aromatic N) is 1. The number of hydrogen-bond donors (Lipinski definition) is 3. The van der Waals surface area contributed by atoms with E-state index in [1.54, 1.807) is 6.07 Å². The van der Waals surface area contributed by atoms with Crippen LogP contribution < -0.4 is 11.1 Å². The number of guanidine groups is 1. The van der Waals surface area contributed by atoms with Gasteiger partial charge in [-0.2, -0.15) is 0 Å². The smallest absolute Gasteiger partial charge is 0.258 e. The number of para-hydroxylation sites is 1. The number of aromatic nitrogens is 1. The van der Waals surface area contributed by atoms with Crippen LogP contribution in [0.3, 0.4) is 0 Å². The molecule has 0 saturated carbocycles. The minimum absolute atomic E-state index is 0.377. The maximum atomic E-state index is 12.5. The number of unbranched alkanes of at least 4 members (excludes halogenated alkanes) is 1. The highest BCUT2D eigenvalue weighted by molar-refractivity contribution is 6.12. The normalized spacial score (nSPS) is 11.9. The Morgan fingerprint density at radius 2 is 1.89 bits per heavy atom. The number of rotatable bonds is 6. The minimum Gasteiger partial charge on any atom is -0.370 e. The highest BCUT2D eigenvalue weighted by atomic mass is 16.1. The lowest BCUT2D eigenvalue weighted by Gasteiger charge is -2.13. The van der Waals surface area contributed by atoms with Gasteiger partial charge in [0.1, 0.15) is 0 Å². The van der Waals surface area contributed by atoms with Gasteiger partial charge in [0.05, 0.1) is 16.8 Å². The van der Waals surface area contributed by atoms with Gasteiger partial charge in [0.2, 0.25) is 0 Å². The number of hydrogen-bond acceptors (Lipinski definition) is 3. The zero-order chi connectivity index (χ0) is 20.1. The van der Waals surface area contributed by atoms with E-state index in [-0.39, 0.29) is 5.96 Å². The number of pyridine rings is 1. The Morgan fingerprint density at radius 3 is 2.57 bits per heavy atom. The van der Waals surface area contributed by atoms with Gasteiger partial charge in [0, 0.05) is 10.9 Å². The molecule has 0 spiro atoms. The highest BCUT2D eigenvalue weighted by Gasteiger charge is 2.15. The molecule has 2 aromatic carbocycles. The van der Waals surface area contributed by atoms with E-state index in [0.717, 1.165) is 22.2 Å². The van der Waals surface area contributed by atoms with Gasteiger partial charge in [0.25, 0.3) is 5.91 Å². The number of carbonyl (C=O) groups is 1. The molecule has 0 aliphatic heterocycles. The number of nitrogens with two attached hydrogens (primary N) is 1. The number of nitrogens with one attached hydrogen (secondary N) is 2. The van der Waals surface area contributed by atoms with Gasteiger partial charge in [-0.3, -0.25) is 15.5 Å². The SMILES string of the molecule is CCCCC(C)c1ccc(-c2cc(C(=O)NC(=N)N)c3ccccc3n2)cc1. The third kappa shape index (κ3) is 4.36. The van der Waals surface area contributed by atoms with Crippen LogP contribution in [0.5, 0.6) is 0 Å². The Morgan fingerprint density at radius 1 is 1.18 bits per heavy atom. The van der Waals surface area contributed by atoms with E-state index >= 15 is 0 Å². The zero-order valence-electron chi connectivity index (χ0n) is 16.3. The molecule has 1 heterocycles. The summed E-state index contributed by atoms with van der Waals surface area (Å²) in [5.41, 5.74) is 9.51. The molecular formula is C23H26N4O. The topological polar surface area (TPSA) is 91.9 Å². The van der Waals surface area contributed by atoms with Crippen LogP contribution in [0.1, 0.15) is 54.9 Å². The summed E-state index contributed by atoms with van der Waals surface area (Å²) < 4.78 is 0. The minimum atomic E-state index is -0.405. The molecule has 0 saturated heterocycles. The van der Waals surface area contributed by atoms with Crippen LogP contribution in [-0.2, 0) is 0 Å². The largest absolute Gasteiger partial charge is 0.370 e. The molecule has 0 aliphatic rings. The Balaban J connectivity index is 1.99. The second-order valence-corrected chi connectivity index (χ2v) is 7.11. The lowest BCUT2D eigenvalue weighted by molar-refractivity contribution is 0.0978. The summed E-state index contributed by atoms with van der Waals surface area (Å²) in [7, 11) is 0. The summed E-state index contributed by atoms with van der Waals surface area (Å²) in [5, 5.41) is 10.4. The average molecular weight is 374 g/mol. The summed E-state index contributed by atoms with van der Waals surface area (Å²) in [5.74, 6) is -0.259. The highest BCUT2D eigenvalue weighted by Crippen LogP contribution is 2.27. The van der Waals surface area contributed by atoms with Crippen molar-refractivity contribution in [3.8, 4) is 11.3 Å². The molecule has 5 nitrogen and oxygen atoms in total. The maximum Gasteiger partial charge on any atom is 0.258 e. The van der Waals surface area contributed by atoms with Crippen molar-refractivity contribution in [2.24, 2.45) is 5.73 Å². The Bertz CT molecular complexity index is 995. The van der Waals surface area contributed by atoms with Crippen LogP contribution in [0.4, 0.5) is 0 Å². The van der Waals surface area contributed by atoms with Crippen molar-refractivity contribution in [2.75, 3.05) is 0 Å². The predicted octanol–water partition coefficient (Wildman–Crippen LogP) is 4.82. The Hall–Kier alpha value is -3.21. The van der Waals surface area contributed by atoms with Crippen molar-refractivity contribution in [3.63, 3.8) is 0 Å². The molecular weight excluding hydrogens is 348 g/mol. The molecule has 3 rings (SSSR count). The molecule has 28 heavy (non-hydrogen) atoms. The van der Waals surface area contributed by atoms with Crippen LogP contribution in [0, 0.1) is 5.41 Å². The fourth-order valence-corrected chi connectivity index (χ4v) is 3.36. The van der Waals surface area contributed by atoms with Crippen molar-refractivity contribution in [2.45, 2.75) is 39.0 Å². The van der Waals surface area contributed by atoms with E-state index in [2.05, 4.69) is 43.4 Å². The molecule has 5 heteroatoms. The monoisotopic (exact) mass is 374 g/mol. The van der Waals surface area contributed by atoms with Crippen molar-refractivity contribution in [3.05, 3.63) is 65.7 Å². The third-order valence-corrected chi connectivity index (χ3v) is 4.98. The van der Waals surface area contributed by atoms with Crippen LogP contribution in [-0.4, -0.2) is 16.9 Å². The number of amides is 1. The standard InChI is InChI=1S/C23H26N4O/c1-3-4-7-15(2)16-10-12-17(13-11-16)21-14-19(22(28)27-23(24)25)18-8-5-6-9-20(18)26-21/h5-6,8-15H,3-4,7H2,1-2H3,(H4,24,25,27,28). The molecule has 1 aromatic heterocycles. The third-order valence-electron chi connectivity index (χ3n) is 4.98. The molecule has 0 radical (unpaired) electrons. The first-order valence-corrected chi connectivity index (χ1v) is 9.65. The molecule has 3 aromatic rings. The number of benzene rings is 2. The van der Waals surface area contributed by atoms with Crippen LogP contribution >= 0.6 is 0 Å². The van der Waals surface area contributed by atoms with Gasteiger partial charge >= 0.3 is 0 Å². The summed E-state index contributed by atoms with van der Waals surface area (Å²) in [6, 6.07) is 17.6. The first-order valence-electron chi connectivity index (χ1n) is 9.65. The molecule has 0 bridgehead atoms. The van der Waals surface area contributed by atoms with Gasteiger partial charge in [-0.25, -0.2) is 4.98 Å². The van der Waals surface area contributed by atoms with Gasteiger partial charge in [-0.05, 0) is 30.0 Å². The lowest BCUT2D eigenvalue weighted by Crippen LogP contribution is -2.35.